The second-order valence-corrected chi connectivity index (χ2v) is 7.74. The quantitative estimate of drug-likeness (QED) is 0.847. The zero-order chi connectivity index (χ0) is 17.4. The van der Waals surface area contributed by atoms with E-state index >= 15 is 0 Å². The number of hydrogen-bond acceptors (Lipinski definition) is 5. The molecule has 2 fully saturated rings. The summed E-state index contributed by atoms with van der Waals surface area (Å²) in [5.74, 6) is 1.44. The van der Waals surface area contributed by atoms with Crippen LogP contribution >= 0.6 is 0 Å². The van der Waals surface area contributed by atoms with Gasteiger partial charge < -0.3 is 14.6 Å². The summed E-state index contributed by atoms with van der Waals surface area (Å²) in [6, 6.07) is 3.99. The lowest BCUT2D eigenvalue weighted by Gasteiger charge is -2.62. The Bertz CT molecular complexity index is 790. The largest absolute Gasteiger partial charge is 0.493 e. The topological polar surface area (TPSA) is 59.0 Å². The van der Waals surface area contributed by atoms with Gasteiger partial charge in [-0.2, -0.15) is 0 Å². The van der Waals surface area contributed by atoms with Gasteiger partial charge in [-0.05, 0) is 30.9 Å². The highest BCUT2D eigenvalue weighted by molar-refractivity contribution is 5.90. The average molecular weight is 341 g/mol. The van der Waals surface area contributed by atoms with Gasteiger partial charge in [0.05, 0.1) is 18.1 Å². The van der Waals surface area contributed by atoms with Crippen LogP contribution in [0.1, 0.15) is 30.4 Å². The monoisotopic (exact) mass is 341 g/mol. The van der Waals surface area contributed by atoms with E-state index in [0.717, 1.165) is 31.5 Å². The fourth-order valence-electron chi connectivity index (χ4n) is 5.95. The molecule has 5 rings (SSSR count). The van der Waals surface area contributed by atoms with Crippen molar-refractivity contribution in [2.75, 3.05) is 20.2 Å². The van der Waals surface area contributed by atoms with Gasteiger partial charge in [-0.1, -0.05) is 12.1 Å². The number of nitrogens with zero attached hydrogens (tertiary/aromatic N) is 1. The molecule has 0 amide bonds. The molecule has 25 heavy (non-hydrogen) atoms. The van der Waals surface area contributed by atoms with Crippen LogP contribution in [0.2, 0.25) is 0 Å². The summed E-state index contributed by atoms with van der Waals surface area (Å²) >= 11 is 0. The lowest BCUT2D eigenvalue weighted by molar-refractivity contribution is -0.187. The predicted molar refractivity (Wildman–Crippen MR) is 92.2 cm³/mol. The van der Waals surface area contributed by atoms with Crippen molar-refractivity contribution in [2.45, 2.75) is 48.8 Å². The Labute approximate surface area is 147 Å². The number of methoxy groups -OCH3 is 1. The standard InChI is InChI=1S/C20H23NO4/c1-3-9-21-10-8-19-16-12-4-5-14(24-2)17(16)25-18(19)13(22)6-7-20(19,23)15(21)11-12/h3-5,15,18,23H,1,6-11H2,2H3/t15-,18+,19?,20-/m0/s1. The zero-order valence-electron chi connectivity index (χ0n) is 14.5. The molecule has 1 spiro atoms. The summed E-state index contributed by atoms with van der Waals surface area (Å²) in [7, 11) is 1.62. The summed E-state index contributed by atoms with van der Waals surface area (Å²) in [6.07, 6.45) is 3.66. The number of ketones is 1. The molecule has 2 bridgehead atoms. The average Bonchev–Trinajstić information content (AvgIpc) is 2.96. The van der Waals surface area contributed by atoms with E-state index in [1.165, 1.54) is 5.56 Å². The number of benzene rings is 1. The molecule has 0 aromatic heterocycles. The number of carbonyl (C=O) groups excluding carboxylic acids is 1. The first-order valence-corrected chi connectivity index (χ1v) is 9.04. The minimum absolute atomic E-state index is 0.00899. The molecular weight excluding hydrogens is 318 g/mol. The van der Waals surface area contributed by atoms with Crippen LogP contribution < -0.4 is 9.47 Å². The van der Waals surface area contributed by atoms with Crippen LogP contribution in [0.15, 0.2) is 24.8 Å². The van der Waals surface area contributed by atoms with Crippen molar-refractivity contribution in [1.82, 2.24) is 4.90 Å². The Morgan fingerprint density at radius 2 is 2.32 bits per heavy atom. The van der Waals surface area contributed by atoms with Crippen LogP contribution in [0.25, 0.3) is 0 Å². The lowest BCUT2D eigenvalue weighted by atomic mass is 9.49. The van der Waals surface area contributed by atoms with Crippen LogP contribution in [0.3, 0.4) is 0 Å². The third-order valence-electron chi connectivity index (χ3n) is 6.94. The van der Waals surface area contributed by atoms with Crippen molar-refractivity contribution in [3.63, 3.8) is 0 Å². The second kappa shape index (κ2) is 4.86. The SMILES string of the molecule is C=CCN1CCC23c4c5ccc(OC)c4O[C@@H]2C(=O)CC[C@]3(O)[C@@H]1C5. The highest BCUT2D eigenvalue weighted by Crippen LogP contribution is 2.64. The van der Waals surface area contributed by atoms with E-state index in [1.54, 1.807) is 7.11 Å². The van der Waals surface area contributed by atoms with Gasteiger partial charge in [-0.25, -0.2) is 0 Å². The van der Waals surface area contributed by atoms with Crippen molar-refractivity contribution < 1.29 is 19.4 Å². The van der Waals surface area contributed by atoms with E-state index in [9.17, 15) is 9.90 Å². The third-order valence-corrected chi connectivity index (χ3v) is 6.94. The van der Waals surface area contributed by atoms with E-state index in [2.05, 4.69) is 17.5 Å². The Morgan fingerprint density at radius 1 is 1.48 bits per heavy atom. The number of rotatable bonds is 3. The highest BCUT2D eigenvalue weighted by atomic mass is 16.5. The van der Waals surface area contributed by atoms with Crippen molar-refractivity contribution in [3.05, 3.63) is 35.9 Å². The molecule has 2 heterocycles. The summed E-state index contributed by atoms with van der Waals surface area (Å²) in [6.45, 7) is 5.46. The molecular formula is C20H23NO4. The molecule has 132 valence electrons. The lowest BCUT2D eigenvalue weighted by Crippen LogP contribution is -2.76. The number of carbonyl (C=O) groups is 1. The first-order chi connectivity index (χ1) is 12.1. The molecule has 1 saturated carbocycles. The minimum Gasteiger partial charge on any atom is -0.493 e. The van der Waals surface area contributed by atoms with Crippen LogP contribution in [0, 0.1) is 0 Å². The Morgan fingerprint density at radius 3 is 3.08 bits per heavy atom. The number of piperidine rings is 1. The normalized spacial score (nSPS) is 38.1. The maximum atomic E-state index is 12.8. The molecule has 5 heteroatoms. The molecule has 2 aliphatic carbocycles. The third kappa shape index (κ3) is 1.59. The van der Waals surface area contributed by atoms with Gasteiger partial charge in [-0.15, -0.1) is 6.58 Å². The Balaban J connectivity index is 1.79. The summed E-state index contributed by atoms with van der Waals surface area (Å²) < 4.78 is 11.7. The van der Waals surface area contributed by atoms with Gasteiger partial charge >= 0.3 is 0 Å². The fourth-order valence-corrected chi connectivity index (χ4v) is 5.95. The summed E-state index contributed by atoms with van der Waals surface area (Å²) in [5.41, 5.74) is 0.623. The van der Waals surface area contributed by atoms with Gasteiger partial charge in [0.25, 0.3) is 0 Å². The maximum Gasteiger partial charge on any atom is 0.174 e. The summed E-state index contributed by atoms with van der Waals surface area (Å²) in [5, 5.41) is 11.9. The van der Waals surface area contributed by atoms with Gasteiger partial charge in [0.15, 0.2) is 23.4 Å². The molecule has 1 aromatic carbocycles. The van der Waals surface area contributed by atoms with Gasteiger partial charge in [0.1, 0.15) is 0 Å². The first-order valence-electron chi connectivity index (χ1n) is 9.04. The number of aliphatic hydroxyl groups is 1. The summed E-state index contributed by atoms with van der Waals surface area (Å²) in [4.78, 5) is 15.1. The molecule has 0 radical (unpaired) electrons. The molecule has 4 aliphatic rings. The van der Waals surface area contributed by atoms with Crippen LogP contribution in [0.5, 0.6) is 11.5 Å². The molecule has 1 unspecified atom stereocenters. The van der Waals surface area contributed by atoms with Crippen molar-refractivity contribution in [3.8, 4) is 11.5 Å². The fraction of sp³-hybridized carbons (Fsp3) is 0.550. The van der Waals surface area contributed by atoms with Crippen LogP contribution in [0.4, 0.5) is 0 Å². The molecule has 1 saturated heterocycles. The van der Waals surface area contributed by atoms with E-state index in [0.29, 0.717) is 24.3 Å². The smallest absolute Gasteiger partial charge is 0.174 e. The van der Waals surface area contributed by atoms with Crippen LogP contribution in [-0.4, -0.2) is 53.7 Å². The van der Waals surface area contributed by atoms with Gasteiger partial charge in [-0.3, -0.25) is 9.69 Å². The Kier molecular flexibility index (Phi) is 3.00. The molecule has 4 atom stereocenters. The predicted octanol–water partition coefficient (Wildman–Crippen LogP) is 1.60. The molecule has 2 aliphatic heterocycles. The minimum atomic E-state index is -0.947. The van der Waals surface area contributed by atoms with E-state index in [1.807, 2.05) is 12.1 Å². The number of hydrogen-bond donors (Lipinski definition) is 1. The number of Topliss-reactive ketones (excluding diaryl/α,β-unsaturated/α-hetero) is 1. The molecule has 1 N–H and O–H groups in total. The van der Waals surface area contributed by atoms with E-state index < -0.39 is 17.1 Å². The van der Waals surface area contributed by atoms with Gasteiger partial charge in [0.2, 0.25) is 0 Å². The van der Waals surface area contributed by atoms with E-state index in [-0.39, 0.29) is 11.8 Å². The van der Waals surface area contributed by atoms with Crippen LogP contribution in [-0.2, 0) is 16.6 Å². The maximum absolute atomic E-state index is 12.8. The first kappa shape index (κ1) is 15.4. The van der Waals surface area contributed by atoms with Crippen molar-refractivity contribution in [1.29, 1.82) is 0 Å². The van der Waals surface area contributed by atoms with Crippen molar-refractivity contribution >= 4 is 5.78 Å². The van der Waals surface area contributed by atoms with Gasteiger partial charge in [0, 0.05) is 31.1 Å². The second-order valence-electron chi connectivity index (χ2n) is 7.74. The van der Waals surface area contributed by atoms with E-state index in [4.69, 9.17) is 9.47 Å². The number of likely N-dealkylation sites (tertiary alicyclic amines) is 1. The molecule has 5 nitrogen and oxygen atoms in total. The highest BCUT2D eigenvalue weighted by Gasteiger charge is 2.73. The molecule has 1 aromatic rings. The zero-order valence-corrected chi connectivity index (χ0v) is 14.5. The number of ether oxygens (including phenoxy) is 2. The van der Waals surface area contributed by atoms with Crippen molar-refractivity contribution in [2.24, 2.45) is 0 Å². The Hall–Kier alpha value is -1.85.